The predicted octanol–water partition coefficient (Wildman–Crippen LogP) is 10.4. The molecular weight excluding hydrogens is 554 g/mol. The Morgan fingerprint density at radius 2 is 1.00 bits per heavy atom. The highest BCUT2D eigenvalue weighted by molar-refractivity contribution is 7.73. The van der Waals surface area contributed by atoms with E-state index >= 15 is 0 Å². The molecule has 0 aliphatic heterocycles. The highest BCUT2D eigenvalue weighted by Crippen LogP contribution is 2.79. The van der Waals surface area contributed by atoms with E-state index in [1.165, 1.54) is 29.9 Å². The van der Waals surface area contributed by atoms with Crippen molar-refractivity contribution in [2.45, 2.75) is 108 Å². The van der Waals surface area contributed by atoms with Gasteiger partial charge in [-0.05, 0) is 185 Å². The average molecular weight is 607 g/mol. The Bertz CT molecular complexity index is 1300. The van der Waals surface area contributed by atoms with Gasteiger partial charge in [0.25, 0.3) is 0 Å². The first-order chi connectivity index (χ1) is 21.0. The van der Waals surface area contributed by atoms with Crippen molar-refractivity contribution >= 4 is 26.5 Å². The molecule has 0 radical (unpaired) electrons. The van der Waals surface area contributed by atoms with E-state index in [9.17, 15) is 0 Å². The molecule has 2 aromatic carbocycles. The Morgan fingerprint density at radius 3 is 1.42 bits per heavy atom. The van der Waals surface area contributed by atoms with Gasteiger partial charge in [-0.3, -0.25) is 0 Å². The third-order valence-corrected chi connectivity index (χ3v) is 20.7. The molecule has 0 amide bonds. The van der Waals surface area contributed by atoms with Gasteiger partial charge in [-0.25, -0.2) is 0 Å². The van der Waals surface area contributed by atoms with Crippen LogP contribution in [0, 0.1) is 49.4 Å². The van der Waals surface area contributed by atoms with Crippen LogP contribution in [0.1, 0.15) is 94.6 Å². The minimum absolute atomic E-state index is 0.0169. The molecule has 0 atom stereocenters. The average Bonchev–Trinajstić information content (AvgIpc) is 3.41. The highest BCUT2D eigenvalue weighted by atomic mass is 31.1. The van der Waals surface area contributed by atoms with Crippen LogP contribution in [0.25, 0.3) is 0 Å². The van der Waals surface area contributed by atoms with E-state index in [0.717, 1.165) is 45.8 Å². The van der Waals surface area contributed by atoms with Crippen molar-refractivity contribution in [3.63, 3.8) is 0 Å². The highest BCUT2D eigenvalue weighted by Gasteiger charge is 2.62. The van der Waals surface area contributed by atoms with Gasteiger partial charge in [0.1, 0.15) is 0 Å². The van der Waals surface area contributed by atoms with Gasteiger partial charge in [0.15, 0.2) is 0 Å². The molecule has 43 heavy (non-hydrogen) atoms. The van der Waals surface area contributed by atoms with Crippen molar-refractivity contribution in [1.82, 2.24) is 0 Å². The van der Waals surface area contributed by atoms with Gasteiger partial charge >= 0.3 is 0 Å². The lowest BCUT2D eigenvalue weighted by molar-refractivity contribution is 0.0187. The zero-order valence-corrected chi connectivity index (χ0v) is 28.5. The fourth-order valence-corrected chi connectivity index (χ4v) is 21.0. The fourth-order valence-electron chi connectivity index (χ4n) is 12.9. The van der Waals surface area contributed by atoms with Crippen LogP contribution in [0.5, 0.6) is 0 Å². The largest absolute Gasteiger partial charge is 0.0897 e. The molecule has 0 heterocycles. The SMILES string of the molecule is Cc1ccccc1P(CC1=C(CP(C23CC4CC(CC(C4)C2)C3)C23CC4CC(CC(C4)C2)C3)CC=C1)c1ccccc1C. The van der Waals surface area contributed by atoms with Crippen LogP contribution >= 0.6 is 15.8 Å². The van der Waals surface area contributed by atoms with Gasteiger partial charge in [0.2, 0.25) is 0 Å². The second-order valence-corrected chi connectivity index (χ2v) is 22.0. The number of hydrogen-bond donors (Lipinski definition) is 0. The van der Waals surface area contributed by atoms with Crippen LogP contribution in [-0.2, 0) is 0 Å². The molecule has 8 bridgehead atoms. The van der Waals surface area contributed by atoms with Crippen molar-refractivity contribution < 1.29 is 0 Å². The van der Waals surface area contributed by atoms with Crippen molar-refractivity contribution in [1.29, 1.82) is 0 Å². The number of benzene rings is 2. The minimum atomic E-state index is -0.411. The Labute approximate surface area is 264 Å². The van der Waals surface area contributed by atoms with Crippen LogP contribution in [-0.4, -0.2) is 22.6 Å². The molecule has 2 aromatic rings. The zero-order valence-electron chi connectivity index (χ0n) is 26.7. The summed E-state index contributed by atoms with van der Waals surface area (Å²) in [4.78, 5) is 0. The Balaban J connectivity index is 1.11. The maximum Gasteiger partial charge on any atom is 0.000731 e. The quantitative estimate of drug-likeness (QED) is 0.262. The summed E-state index contributed by atoms with van der Waals surface area (Å²) in [5, 5.41) is 4.66. The van der Waals surface area contributed by atoms with Crippen molar-refractivity contribution in [2.24, 2.45) is 35.5 Å². The molecule has 8 fully saturated rings. The molecular formula is C41H52P2. The van der Waals surface area contributed by atoms with Crippen LogP contribution < -0.4 is 10.6 Å². The van der Waals surface area contributed by atoms with Crippen LogP contribution in [0.15, 0.2) is 71.8 Å². The normalized spacial score (nSPS) is 39.4. The third-order valence-electron chi connectivity index (χ3n) is 13.8. The summed E-state index contributed by atoms with van der Waals surface area (Å²) in [5.41, 5.74) is 6.60. The second kappa shape index (κ2) is 10.7. The molecule has 2 heteroatoms. The van der Waals surface area contributed by atoms with E-state index in [4.69, 9.17) is 0 Å². The first-order valence-corrected chi connectivity index (χ1v) is 21.0. The molecule has 0 N–H and O–H groups in total. The molecule has 0 nitrogen and oxygen atoms in total. The molecule has 0 spiro atoms. The first-order valence-electron chi connectivity index (χ1n) is 18.0. The number of hydrogen-bond acceptors (Lipinski definition) is 0. The molecule has 9 aliphatic carbocycles. The van der Waals surface area contributed by atoms with E-state index in [2.05, 4.69) is 74.5 Å². The summed E-state index contributed by atoms with van der Waals surface area (Å²) in [6, 6.07) is 18.6. The second-order valence-electron chi connectivity index (χ2n) is 16.8. The molecule has 226 valence electrons. The predicted molar refractivity (Wildman–Crippen MR) is 188 cm³/mol. The number of rotatable bonds is 8. The van der Waals surface area contributed by atoms with E-state index < -0.39 is 7.92 Å². The fraction of sp³-hybridized carbons (Fsp3) is 0.610. The first kappa shape index (κ1) is 28.0. The lowest BCUT2D eigenvalue weighted by atomic mass is 9.55. The summed E-state index contributed by atoms with van der Waals surface area (Å²) in [5.74, 6) is 6.47. The van der Waals surface area contributed by atoms with Gasteiger partial charge < -0.3 is 0 Å². The summed E-state index contributed by atoms with van der Waals surface area (Å²) < 4.78 is 0. The van der Waals surface area contributed by atoms with E-state index in [-0.39, 0.29) is 7.92 Å². The van der Waals surface area contributed by atoms with Gasteiger partial charge in [-0.15, -0.1) is 0 Å². The van der Waals surface area contributed by atoms with E-state index in [1.807, 2.05) is 5.57 Å². The Kier molecular flexibility index (Phi) is 6.96. The molecule has 11 rings (SSSR count). The summed E-state index contributed by atoms with van der Waals surface area (Å²) in [6.45, 7) is 4.70. The standard InChI is InChI=1S/C41H52P2/c1-28-8-3-5-12-38(28)42(39-13-6-4-9-29(39)2)26-36-10-7-11-37(36)27-43(40-20-30-14-31(21-40)16-32(15-30)22-40)41-23-33-17-34(24-41)19-35(18-33)25-41/h3-10,12-13,30-35H,11,14-27H2,1-2H3. The van der Waals surface area contributed by atoms with Crippen molar-refractivity contribution in [3.8, 4) is 0 Å². The van der Waals surface area contributed by atoms with Gasteiger partial charge in [-0.1, -0.05) is 74.2 Å². The zero-order chi connectivity index (χ0) is 28.8. The lowest BCUT2D eigenvalue weighted by Gasteiger charge is -2.67. The van der Waals surface area contributed by atoms with Gasteiger partial charge in [0.05, 0.1) is 0 Å². The minimum Gasteiger partial charge on any atom is -0.0897 e. The topological polar surface area (TPSA) is 0 Å². The molecule has 0 unspecified atom stereocenters. The molecule has 0 aromatic heterocycles. The Morgan fingerprint density at radius 1 is 0.581 bits per heavy atom. The maximum absolute atomic E-state index is 2.61. The number of allylic oxidation sites excluding steroid dienone is 4. The number of aryl methyl sites for hydroxylation is 2. The van der Waals surface area contributed by atoms with Crippen molar-refractivity contribution in [2.75, 3.05) is 12.3 Å². The lowest BCUT2D eigenvalue weighted by Crippen LogP contribution is -2.57. The third kappa shape index (κ3) is 4.82. The van der Waals surface area contributed by atoms with Gasteiger partial charge in [-0.2, -0.15) is 0 Å². The maximum atomic E-state index is 2.61. The molecule has 9 aliphatic rings. The van der Waals surface area contributed by atoms with Gasteiger partial charge in [0, 0.05) is 6.16 Å². The van der Waals surface area contributed by atoms with E-state index in [0.29, 0.717) is 0 Å². The summed E-state index contributed by atoms with van der Waals surface area (Å²) in [7, 11) is -0.394. The van der Waals surface area contributed by atoms with Crippen LogP contribution in [0.4, 0.5) is 0 Å². The monoisotopic (exact) mass is 606 g/mol. The van der Waals surface area contributed by atoms with Crippen LogP contribution in [0.3, 0.4) is 0 Å². The summed E-state index contributed by atoms with van der Waals surface area (Å²) >= 11 is 0. The van der Waals surface area contributed by atoms with Crippen LogP contribution in [0.2, 0.25) is 0 Å². The van der Waals surface area contributed by atoms with Crippen molar-refractivity contribution in [3.05, 3.63) is 83.0 Å². The smallest absolute Gasteiger partial charge is 0.000731 e. The molecule has 0 saturated heterocycles. The molecule has 8 saturated carbocycles. The summed E-state index contributed by atoms with van der Waals surface area (Å²) in [6.07, 6.45) is 28.5. The van der Waals surface area contributed by atoms with E-state index in [1.54, 1.807) is 93.2 Å². The Hall–Kier alpha value is -1.22.